The number of aryl methyl sites for hydroxylation is 1. The molecule has 4 rings (SSSR count). The summed E-state index contributed by atoms with van der Waals surface area (Å²) in [5, 5.41) is 11.9. The highest BCUT2D eigenvalue weighted by Gasteiger charge is 2.32. The third kappa shape index (κ3) is 5.07. The van der Waals surface area contributed by atoms with Gasteiger partial charge in [0.1, 0.15) is 22.9 Å². The van der Waals surface area contributed by atoms with Crippen LogP contribution in [0.4, 0.5) is 5.95 Å². The zero-order valence-corrected chi connectivity index (χ0v) is 22.2. The summed E-state index contributed by atoms with van der Waals surface area (Å²) in [5.74, 6) is 1.38. The zero-order chi connectivity index (χ0) is 26.7. The van der Waals surface area contributed by atoms with Crippen molar-refractivity contribution in [2.75, 3.05) is 26.1 Å². The van der Waals surface area contributed by atoms with E-state index in [1.807, 2.05) is 6.92 Å². The van der Waals surface area contributed by atoms with E-state index in [1.165, 1.54) is 25.9 Å². The molecule has 12 nitrogen and oxygen atoms in total. The SMILES string of the molecule is COc1cccc(-c2nnc(NS(=O)(=O)[C@H](C)[C@H](C)n3cc(C)cn3)n2-c2c(OC)cccc2OC)n1. The summed E-state index contributed by atoms with van der Waals surface area (Å²) in [4.78, 5) is 4.46. The monoisotopic (exact) mass is 527 g/mol. The van der Waals surface area contributed by atoms with Crippen molar-refractivity contribution in [2.24, 2.45) is 0 Å². The van der Waals surface area contributed by atoms with E-state index in [4.69, 9.17) is 14.2 Å². The third-order valence-corrected chi connectivity index (χ3v) is 7.84. The lowest BCUT2D eigenvalue weighted by Crippen LogP contribution is -2.33. The van der Waals surface area contributed by atoms with Crippen molar-refractivity contribution in [1.29, 1.82) is 0 Å². The quantitative estimate of drug-likeness (QED) is 0.330. The lowest BCUT2D eigenvalue weighted by molar-refractivity contribution is 0.391. The second-order valence-corrected chi connectivity index (χ2v) is 10.4. The fraction of sp³-hybridized carbons (Fsp3) is 0.333. The Kier molecular flexibility index (Phi) is 7.34. The van der Waals surface area contributed by atoms with Crippen molar-refractivity contribution < 1.29 is 22.6 Å². The maximum atomic E-state index is 13.5. The van der Waals surface area contributed by atoms with Gasteiger partial charge in [-0.1, -0.05) is 12.1 Å². The number of anilines is 1. The summed E-state index contributed by atoms with van der Waals surface area (Å²) in [6.45, 7) is 5.29. The molecule has 0 saturated heterocycles. The first-order valence-corrected chi connectivity index (χ1v) is 12.9. The van der Waals surface area contributed by atoms with E-state index in [2.05, 4.69) is 25.0 Å². The van der Waals surface area contributed by atoms with E-state index < -0.39 is 21.3 Å². The van der Waals surface area contributed by atoms with Gasteiger partial charge >= 0.3 is 0 Å². The maximum Gasteiger partial charge on any atom is 0.243 e. The van der Waals surface area contributed by atoms with Crippen LogP contribution in [0.5, 0.6) is 17.4 Å². The number of aromatic nitrogens is 6. The molecule has 0 unspecified atom stereocenters. The van der Waals surface area contributed by atoms with Gasteiger partial charge in [0, 0.05) is 12.3 Å². The van der Waals surface area contributed by atoms with Crippen LogP contribution in [0.3, 0.4) is 0 Å². The molecule has 37 heavy (non-hydrogen) atoms. The smallest absolute Gasteiger partial charge is 0.243 e. The minimum atomic E-state index is -3.96. The van der Waals surface area contributed by atoms with E-state index in [9.17, 15) is 8.42 Å². The molecular formula is C24H29N7O5S. The van der Waals surface area contributed by atoms with Crippen LogP contribution in [0.25, 0.3) is 17.2 Å². The molecule has 13 heteroatoms. The van der Waals surface area contributed by atoms with Gasteiger partial charge in [-0.25, -0.2) is 13.4 Å². The van der Waals surface area contributed by atoms with Gasteiger partial charge in [0.25, 0.3) is 0 Å². The van der Waals surface area contributed by atoms with E-state index in [0.29, 0.717) is 28.8 Å². The Bertz CT molecular complexity index is 1480. The summed E-state index contributed by atoms with van der Waals surface area (Å²) in [5.41, 5.74) is 1.74. The number of nitrogens with zero attached hydrogens (tertiary/aromatic N) is 6. The van der Waals surface area contributed by atoms with Crippen LogP contribution in [0.1, 0.15) is 25.5 Å². The Morgan fingerprint density at radius 1 is 0.946 bits per heavy atom. The Balaban J connectivity index is 1.85. The molecule has 2 atom stereocenters. The molecule has 0 saturated carbocycles. The molecule has 3 heterocycles. The van der Waals surface area contributed by atoms with Gasteiger partial charge < -0.3 is 14.2 Å². The fourth-order valence-electron chi connectivity index (χ4n) is 3.78. The second-order valence-electron chi connectivity index (χ2n) is 8.35. The molecule has 0 amide bonds. The highest BCUT2D eigenvalue weighted by atomic mass is 32.2. The highest BCUT2D eigenvalue weighted by Crippen LogP contribution is 2.38. The Labute approximate surface area is 215 Å². The molecule has 1 aromatic carbocycles. The predicted octanol–water partition coefficient (Wildman–Crippen LogP) is 3.25. The number of para-hydroxylation sites is 1. The summed E-state index contributed by atoms with van der Waals surface area (Å²) >= 11 is 0. The molecular weight excluding hydrogens is 498 g/mol. The lowest BCUT2D eigenvalue weighted by atomic mass is 10.2. The first-order chi connectivity index (χ1) is 17.7. The van der Waals surface area contributed by atoms with Crippen LogP contribution in [0.15, 0.2) is 48.8 Å². The maximum absolute atomic E-state index is 13.5. The average Bonchev–Trinajstić information content (AvgIpc) is 3.52. The molecule has 0 aliphatic rings. The first kappa shape index (κ1) is 25.9. The number of hydrogen-bond acceptors (Lipinski definition) is 9. The zero-order valence-electron chi connectivity index (χ0n) is 21.4. The number of sulfonamides is 1. The lowest BCUT2D eigenvalue weighted by Gasteiger charge is -2.22. The van der Waals surface area contributed by atoms with E-state index in [1.54, 1.807) is 67.3 Å². The number of rotatable bonds is 10. The molecule has 4 aromatic rings. The number of benzene rings is 1. The van der Waals surface area contributed by atoms with Gasteiger partial charge in [-0.05, 0) is 44.5 Å². The summed E-state index contributed by atoms with van der Waals surface area (Å²) in [7, 11) is 0.551. The summed E-state index contributed by atoms with van der Waals surface area (Å²) in [6, 6.07) is 9.91. The van der Waals surface area contributed by atoms with E-state index >= 15 is 0 Å². The predicted molar refractivity (Wildman–Crippen MR) is 138 cm³/mol. The molecule has 0 bridgehead atoms. The standard InChI is InChI=1S/C24H29N7O5S/c1-15-13-25-30(14-15)16(2)17(3)37(32,33)29-24-28-27-23(18-9-7-12-21(26-18)36-6)31(24)22-19(34-4)10-8-11-20(22)35-5/h7-14,16-17H,1-6H3,(H,28,29)/t16-,17+/m0/s1. The number of pyridine rings is 1. The molecule has 0 aliphatic heterocycles. The van der Waals surface area contributed by atoms with E-state index in [-0.39, 0.29) is 11.8 Å². The number of methoxy groups -OCH3 is 3. The van der Waals surface area contributed by atoms with Crippen molar-refractivity contribution in [3.8, 4) is 34.6 Å². The number of ether oxygens (including phenoxy) is 3. The van der Waals surface area contributed by atoms with Gasteiger partial charge in [0.05, 0.1) is 38.8 Å². The Morgan fingerprint density at radius 2 is 1.62 bits per heavy atom. The van der Waals surface area contributed by atoms with Crippen molar-refractivity contribution in [1.82, 2.24) is 29.5 Å². The largest absolute Gasteiger partial charge is 0.494 e. The molecule has 0 radical (unpaired) electrons. The van der Waals surface area contributed by atoms with Crippen LogP contribution in [0.2, 0.25) is 0 Å². The highest BCUT2D eigenvalue weighted by molar-refractivity contribution is 7.93. The van der Waals surface area contributed by atoms with E-state index in [0.717, 1.165) is 5.56 Å². The number of nitrogens with one attached hydrogen (secondary N) is 1. The average molecular weight is 528 g/mol. The van der Waals surface area contributed by atoms with Gasteiger partial charge in [0.15, 0.2) is 5.82 Å². The van der Waals surface area contributed by atoms with Crippen LogP contribution >= 0.6 is 0 Å². The van der Waals surface area contributed by atoms with Crippen LogP contribution in [-0.4, -0.2) is 64.5 Å². The van der Waals surface area contributed by atoms with Gasteiger partial charge in [-0.3, -0.25) is 14.0 Å². The van der Waals surface area contributed by atoms with Gasteiger partial charge in [0.2, 0.25) is 21.9 Å². The summed E-state index contributed by atoms with van der Waals surface area (Å²) < 4.78 is 49.2. The minimum absolute atomic E-state index is 0.0573. The van der Waals surface area contributed by atoms with Gasteiger partial charge in [-0.15, -0.1) is 10.2 Å². The second kappa shape index (κ2) is 10.5. The van der Waals surface area contributed by atoms with Crippen molar-refractivity contribution in [3.63, 3.8) is 0 Å². The third-order valence-electron chi connectivity index (χ3n) is 6.00. The molecule has 3 aromatic heterocycles. The van der Waals surface area contributed by atoms with Crippen molar-refractivity contribution >= 4 is 16.0 Å². The first-order valence-electron chi connectivity index (χ1n) is 11.4. The molecule has 0 aliphatic carbocycles. The topological polar surface area (TPSA) is 135 Å². The fourth-order valence-corrected chi connectivity index (χ4v) is 5.00. The van der Waals surface area contributed by atoms with Crippen molar-refractivity contribution in [2.45, 2.75) is 32.1 Å². The van der Waals surface area contributed by atoms with Crippen molar-refractivity contribution in [3.05, 3.63) is 54.4 Å². The Hall–Kier alpha value is -4.13. The van der Waals surface area contributed by atoms with Crippen LogP contribution in [-0.2, 0) is 10.0 Å². The van der Waals surface area contributed by atoms with Gasteiger partial charge in [-0.2, -0.15) is 5.10 Å². The summed E-state index contributed by atoms with van der Waals surface area (Å²) in [6.07, 6.45) is 3.48. The normalized spacial score (nSPS) is 13.1. The van der Waals surface area contributed by atoms with Crippen LogP contribution in [0, 0.1) is 6.92 Å². The molecule has 0 spiro atoms. The van der Waals surface area contributed by atoms with Crippen LogP contribution < -0.4 is 18.9 Å². The number of hydrogen-bond donors (Lipinski definition) is 1. The molecule has 1 N–H and O–H groups in total. The Morgan fingerprint density at radius 3 is 2.22 bits per heavy atom. The molecule has 196 valence electrons. The molecule has 0 fully saturated rings. The minimum Gasteiger partial charge on any atom is -0.494 e.